The third-order valence-corrected chi connectivity index (χ3v) is 4.69. The number of nitrogens with zero attached hydrogens (tertiary/aromatic N) is 1. The monoisotopic (exact) mass is 260 g/mol. The van der Waals surface area contributed by atoms with Gasteiger partial charge in [-0.1, -0.05) is 6.42 Å². The van der Waals surface area contributed by atoms with Crippen molar-refractivity contribution in [1.29, 1.82) is 0 Å². The fourth-order valence-corrected chi connectivity index (χ4v) is 2.67. The van der Waals surface area contributed by atoms with Gasteiger partial charge in [0.05, 0.1) is 6.42 Å². The van der Waals surface area contributed by atoms with Gasteiger partial charge in [-0.25, -0.2) is 4.79 Å². The van der Waals surface area contributed by atoms with E-state index in [0.29, 0.717) is 6.54 Å². The van der Waals surface area contributed by atoms with E-state index in [1.807, 2.05) is 0 Å². The average molecular weight is 260 g/mol. The summed E-state index contributed by atoms with van der Waals surface area (Å²) in [4.78, 5) is 23.5. The Hall–Kier alpha value is -0.910. The molecule has 2 N–H and O–H groups in total. The molecule has 0 saturated heterocycles. The van der Waals surface area contributed by atoms with Crippen LogP contribution in [0.1, 0.15) is 25.7 Å². The lowest BCUT2D eigenvalue weighted by atomic mass is 9.84. The summed E-state index contributed by atoms with van der Waals surface area (Å²) in [6.07, 6.45) is 5.57. The molecule has 98 valence electrons. The highest BCUT2D eigenvalue weighted by molar-refractivity contribution is 8.00. The van der Waals surface area contributed by atoms with Gasteiger partial charge in [0.2, 0.25) is 0 Å². The zero-order valence-electron chi connectivity index (χ0n) is 10.4. The van der Waals surface area contributed by atoms with E-state index in [-0.39, 0.29) is 23.7 Å². The van der Waals surface area contributed by atoms with Crippen molar-refractivity contribution in [1.82, 2.24) is 10.2 Å². The largest absolute Gasteiger partial charge is 0.481 e. The van der Waals surface area contributed by atoms with E-state index in [1.165, 1.54) is 11.3 Å². The molecule has 1 saturated carbocycles. The molecule has 1 aliphatic carbocycles. The molecule has 0 heterocycles. The fourth-order valence-electron chi connectivity index (χ4n) is 1.76. The van der Waals surface area contributed by atoms with Gasteiger partial charge in [0.1, 0.15) is 0 Å². The third kappa shape index (κ3) is 4.11. The number of carboxylic acid groups (broad SMARTS) is 1. The molecule has 17 heavy (non-hydrogen) atoms. The van der Waals surface area contributed by atoms with Crippen LogP contribution in [0.15, 0.2) is 0 Å². The second-order valence-corrected chi connectivity index (χ2v) is 5.74. The first-order valence-corrected chi connectivity index (χ1v) is 6.97. The van der Waals surface area contributed by atoms with Crippen molar-refractivity contribution in [2.24, 2.45) is 0 Å². The smallest absolute Gasteiger partial charge is 0.317 e. The summed E-state index contributed by atoms with van der Waals surface area (Å²) in [7, 11) is 1.62. The SMILES string of the molecule is CSC1(CNC(=O)N(C)CCC(=O)O)CCC1. The molecule has 1 aliphatic rings. The molecule has 0 aromatic heterocycles. The summed E-state index contributed by atoms with van der Waals surface area (Å²) < 4.78 is 0.212. The lowest BCUT2D eigenvalue weighted by molar-refractivity contribution is -0.137. The minimum absolute atomic E-state index is 0.0163. The molecule has 0 aromatic rings. The number of aliphatic carboxylic acids is 1. The molecule has 0 spiro atoms. The van der Waals surface area contributed by atoms with Crippen molar-refractivity contribution in [3.05, 3.63) is 0 Å². The summed E-state index contributed by atoms with van der Waals surface area (Å²) in [6.45, 7) is 0.915. The van der Waals surface area contributed by atoms with E-state index in [0.717, 1.165) is 12.8 Å². The first-order valence-electron chi connectivity index (χ1n) is 5.75. The highest BCUT2D eigenvalue weighted by Gasteiger charge is 2.36. The number of rotatable bonds is 6. The predicted octanol–water partition coefficient (Wildman–Crippen LogP) is 1.39. The summed E-state index contributed by atoms with van der Waals surface area (Å²) in [6, 6.07) is -0.188. The highest BCUT2D eigenvalue weighted by Crippen LogP contribution is 2.42. The summed E-state index contributed by atoms with van der Waals surface area (Å²) in [5, 5.41) is 11.4. The summed E-state index contributed by atoms with van der Waals surface area (Å²) in [5.41, 5.74) is 0. The number of amides is 2. The highest BCUT2D eigenvalue weighted by atomic mass is 32.2. The maximum absolute atomic E-state index is 11.7. The van der Waals surface area contributed by atoms with Crippen LogP contribution in [0.2, 0.25) is 0 Å². The number of hydrogen-bond acceptors (Lipinski definition) is 3. The Morgan fingerprint density at radius 2 is 2.12 bits per heavy atom. The van der Waals surface area contributed by atoms with Crippen LogP contribution in [0.4, 0.5) is 4.79 Å². The standard InChI is InChI=1S/C11H20N2O3S/c1-13(7-4-9(14)15)10(16)12-8-11(17-2)5-3-6-11/h3-8H2,1-2H3,(H,12,16)(H,14,15). The molecule has 0 aromatic carbocycles. The minimum atomic E-state index is -0.885. The molecule has 0 unspecified atom stereocenters. The van der Waals surface area contributed by atoms with Crippen LogP contribution >= 0.6 is 11.8 Å². The van der Waals surface area contributed by atoms with E-state index >= 15 is 0 Å². The van der Waals surface area contributed by atoms with Gasteiger partial charge >= 0.3 is 12.0 Å². The van der Waals surface area contributed by atoms with Gasteiger partial charge in [0, 0.05) is 24.9 Å². The van der Waals surface area contributed by atoms with Crippen LogP contribution in [-0.2, 0) is 4.79 Å². The molecule has 0 atom stereocenters. The van der Waals surface area contributed by atoms with Gasteiger partial charge in [0.25, 0.3) is 0 Å². The molecule has 0 bridgehead atoms. The van der Waals surface area contributed by atoms with Crippen LogP contribution in [0, 0.1) is 0 Å². The second kappa shape index (κ2) is 6.14. The zero-order chi connectivity index (χ0) is 12.9. The Morgan fingerprint density at radius 3 is 2.53 bits per heavy atom. The molecule has 5 nitrogen and oxygen atoms in total. The number of carbonyl (C=O) groups is 2. The van der Waals surface area contributed by atoms with Gasteiger partial charge in [-0.3, -0.25) is 4.79 Å². The maximum Gasteiger partial charge on any atom is 0.317 e. The van der Waals surface area contributed by atoms with Crippen LogP contribution in [0.5, 0.6) is 0 Å². The van der Waals surface area contributed by atoms with Crippen molar-refractivity contribution in [2.45, 2.75) is 30.4 Å². The van der Waals surface area contributed by atoms with Crippen molar-refractivity contribution in [3.63, 3.8) is 0 Å². The topological polar surface area (TPSA) is 69.6 Å². The Balaban J connectivity index is 2.26. The number of hydrogen-bond donors (Lipinski definition) is 2. The van der Waals surface area contributed by atoms with Gasteiger partial charge in [-0.2, -0.15) is 11.8 Å². The molecule has 1 rings (SSSR count). The van der Waals surface area contributed by atoms with Crippen LogP contribution < -0.4 is 5.32 Å². The van der Waals surface area contributed by atoms with E-state index in [2.05, 4.69) is 11.6 Å². The summed E-state index contributed by atoms with van der Waals surface area (Å²) in [5.74, 6) is -0.885. The van der Waals surface area contributed by atoms with Crippen molar-refractivity contribution in [3.8, 4) is 0 Å². The van der Waals surface area contributed by atoms with Gasteiger partial charge in [0.15, 0.2) is 0 Å². The zero-order valence-corrected chi connectivity index (χ0v) is 11.2. The molecular formula is C11H20N2O3S. The molecule has 6 heteroatoms. The number of urea groups is 1. The number of thioether (sulfide) groups is 1. The maximum atomic E-state index is 11.7. The predicted molar refractivity (Wildman–Crippen MR) is 68.4 cm³/mol. The number of carboxylic acids is 1. The van der Waals surface area contributed by atoms with E-state index in [1.54, 1.807) is 18.8 Å². The molecule has 1 fully saturated rings. The van der Waals surface area contributed by atoms with Crippen molar-refractivity contribution in [2.75, 3.05) is 26.4 Å². The second-order valence-electron chi connectivity index (χ2n) is 4.46. The van der Waals surface area contributed by atoms with Gasteiger partial charge in [-0.15, -0.1) is 0 Å². The fraction of sp³-hybridized carbons (Fsp3) is 0.818. The third-order valence-electron chi connectivity index (χ3n) is 3.27. The Morgan fingerprint density at radius 1 is 1.47 bits per heavy atom. The Bertz CT molecular complexity index is 287. The quantitative estimate of drug-likeness (QED) is 0.757. The Kier molecular flexibility index (Phi) is 5.11. The number of nitrogens with one attached hydrogen (secondary N) is 1. The van der Waals surface area contributed by atoms with E-state index in [9.17, 15) is 9.59 Å². The summed E-state index contributed by atoms with van der Waals surface area (Å²) >= 11 is 1.80. The minimum Gasteiger partial charge on any atom is -0.481 e. The molecular weight excluding hydrogens is 240 g/mol. The molecule has 0 radical (unpaired) electrons. The van der Waals surface area contributed by atoms with E-state index < -0.39 is 5.97 Å². The van der Waals surface area contributed by atoms with Gasteiger partial charge in [-0.05, 0) is 19.1 Å². The van der Waals surface area contributed by atoms with Gasteiger partial charge < -0.3 is 15.3 Å². The van der Waals surface area contributed by atoms with E-state index in [4.69, 9.17) is 5.11 Å². The van der Waals surface area contributed by atoms with Crippen molar-refractivity contribution < 1.29 is 14.7 Å². The molecule has 2 amide bonds. The number of carbonyl (C=O) groups excluding carboxylic acids is 1. The lowest BCUT2D eigenvalue weighted by Gasteiger charge is -2.40. The molecule has 0 aliphatic heterocycles. The Labute approximate surface area is 106 Å². The normalized spacial score (nSPS) is 17.1. The lowest BCUT2D eigenvalue weighted by Crippen LogP contribution is -2.48. The van der Waals surface area contributed by atoms with Crippen LogP contribution in [0.25, 0.3) is 0 Å². The average Bonchev–Trinajstić information content (AvgIpc) is 2.24. The first-order chi connectivity index (χ1) is 7.99. The van der Waals surface area contributed by atoms with Crippen molar-refractivity contribution >= 4 is 23.8 Å². The van der Waals surface area contributed by atoms with Crippen LogP contribution in [-0.4, -0.2) is 53.1 Å². The van der Waals surface area contributed by atoms with Crippen LogP contribution in [0.3, 0.4) is 0 Å². The first kappa shape index (κ1) is 14.2.